The second-order valence-corrected chi connectivity index (χ2v) is 3.85. The number of rotatable bonds is 3. The van der Waals surface area contributed by atoms with Crippen molar-refractivity contribution >= 4 is 15.5 Å². The van der Waals surface area contributed by atoms with Gasteiger partial charge in [-0.15, -0.1) is 0 Å². The highest BCUT2D eigenvalue weighted by Crippen LogP contribution is 2.56. The molecule has 1 aliphatic rings. The lowest BCUT2D eigenvalue weighted by Gasteiger charge is -2.44. The molecule has 0 aromatic rings. The zero-order valence-corrected chi connectivity index (χ0v) is 7.30. The molecule has 0 N–H and O–H groups in total. The Morgan fingerprint density at radius 3 is 2.18 bits per heavy atom. The molecule has 0 bridgehead atoms. The van der Waals surface area contributed by atoms with Crippen LogP contribution in [0, 0.1) is 5.41 Å². The molecule has 0 saturated heterocycles. The molecule has 0 aliphatic heterocycles. The third-order valence-corrected chi connectivity index (χ3v) is 3.10. The van der Waals surface area contributed by atoms with E-state index in [1.165, 1.54) is 9.24 Å². The molecule has 0 aromatic heterocycles. The van der Waals surface area contributed by atoms with Crippen LogP contribution in [0.2, 0.25) is 0 Å². The molecule has 1 fully saturated rings. The summed E-state index contributed by atoms with van der Waals surface area (Å²) in [7, 11) is 1.54. The van der Waals surface area contributed by atoms with Crippen LogP contribution in [-0.4, -0.2) is 11.9 Å². The van der Waals surface area contributed by atoms with Crippen LogP contribution in [0.3, 0.4) is 0 Å². The molecule has 4 heteroatoms. The molecular weight excluding hydrogens is 169 g/mol. The quantitative estimate of drug-likeness (QED) is 0.480. The van der Waals surface area contributed by atoms with Gasteiger partial charge in [-0.05, 0) is 12.8 Å². The van der Waals surface area contributed by atoms with Crippen molar-refractivity contribution in [1.82, 2.24) is 0 Å². The van der Waals surface area contributed by atoms with Crippen molar-refractivity contribution in [2.45, 2.75) is 31.3 Å². The third kappa shape index (κ3) is 1.44. The molecule has 1 rings (SSSR count). The maximum absolute atomic E-state index is 12.8. The minimum atomic E-state index is -2.77. The monoisotopic (exact) mass is 180 g/mol. The first-order chi connectivity index (χ1) is 5.02. The van der Waals surface area contributed by atoms with Gasteiger partial charge in [0.15, 0.2) is 0 Å². The minimum absolute atomic E-state index is 0.0104. The van der Waals surface area contributed by atoms with Crippen LogP contribution in [0.25, 0.3) is 0 Å². The first kappa shape index (κ1) is 9.05. The van der Waals surface area contributed by atoms with Crippen molar-refractivity contribution in [2.24, 2.45) is 5.41 Å². The lowest BCUT2D eigenvalue weighted by atomic mass is 9.67. The molecule has 0 aromatic carbocycles. The maximum atomic E-state index is 12.8. The summed E-state index contributed by atoms with van der Waals surface area (Å²) in [4.78, 5) is 10.1. The van der Waals surface area contributed by atoms with E-state index in [0.29, 0.717) is 19.1 Å². The van der Waals surface area contributed by atoms with Gasteiger partial charge in [-0.1, -0.05) is 15.7 Å². The van der Waals surface area contributed by atoms with Gasteiger partial charge >= 0.3 is 0 Å². The second-order valence-electron chi connectivity index (χ2n) is 3.13. The van der Waals surface area contributed by atoms with Gasteiger partial charge < -0.3 is 4.79 Å². The number of halogens is 2. The Labute approximate surface area is 66.7 Å². The highest BCUT2D eigenvalue weighted by atomic mass is 31.0. The lowest BCUT2D eigenvalue weighted by Crippen LogP contribution is -2.42. The van der Waals surface area contributed by atoms with Crippen LogP contribution in [0.5, 0.6) is 0 Å². The number of aldehydes is 1. The number of carbonyl (C=O) groups is 1. The largest absolute Gasteiger partial charge is 0.303 e. The fourth-order valence-corrected chi connectivity index (χ4v) is 1.84. The number of alkyl halides is 2. The summed E-state index contributed by atoms with van der Waals surface area (Å²) in [6.07, 6.45) is 2.35. The van der Waals surface area contributed by atoms with Gasteiger partial charge in [-0.25, -0.2) is 8.78 Å². The van der Waals surface area contributed by atoms with Crippen LogP contribution < -0.4 is 0 Å². The zero-order valence-electron chi connectivity index (χ0n) is 6.15. The fraction of sp³-hybridized carbons (Fsp3) is 0.857. The molecule has 1 saturated carbocycles. The van der Waals surface area contributed by atoms with Gasteiger partial charge in [0.1, 0.15) is 6.29 Å². The standard InChI is InChI=1S/C7H11F2OP/c8-7(9,11)6(4-5-10)2-1-3-6/h5H,1-4,11H2. The van der Waals surface area contributed by atoms with Crippen molar-refractivity contribution in [1.29, 1.82) is 0 Å². The Kier molecular flexibility index (Phi) is 2.29. The van der Waals surface area contributed by atoms with E-state index in [4.69, 9.17) is 0 Å². The molecule has 11 heavy (non-hydrogen) atoms. The summed E-state index contributed by atoms with van der Waals surface area (Å²) < 4.78 is 25.6. The summed E-state index contributed by atoms with van der Waals surface area (Å²) in [6.45, 7) is 0. The summed E-state index contributed by atoms with van der Waals surface area (Å²) in [5, 5.41) is 0. The predicted molar refractivity (Wildman–Crippen MR) is 41.6 cm³/mol. The summed E-state index contributed by atoms with van der Waals surface area (Å²) in [5.74, 6) is 0. The number of hydrogen-bond acceptors (Lipinski definition) is 1. The van der Waals surface area contributed by atoms with Crippen LogP contribution in [0.4, 0.5) is 8.78 Å². The molecule has 0 spiro atoms. The Bertz CT molecular complexity index is 160. The van der Waals surface area contributed by atoms with Crippen molar-refractivity contribution in [3.05, 3.63) is 0 Å². The van der Waals surface area contributed by atoms with Crippen molar-refractivity contribution < 1.29 is 13.6 Å². The minimum Gasteiger partial charge on any atom is -0.303 e. The fourth-order valence-electron chi connectivity index (χ4n) is 1.44. The van der Waals surface area contributed by atoms with E-state index in [1.54, 1.807) is 0 Å². The van der Waals surface area contributed by atoms with Gasteiger partial charge in [0, 0.05) is 11.8 Å². The highest BCUT2D eigenvalue weighted by molar-refractivity contribution is 7.18. The van der Waals surface area contributed by atoms with E-state index in [9.17, 15) is 13.6 Å². The van der Waals surface area contributed by atoms with Gasteiger partial charge in [0.2, 0.25) is 0 Å². The number of carbonyl (C=O) groups excluding carboxylic acids is 1. The van der Waals surface area contributed by atoms with E-state index in [1.807, 2.05) is 0 Å². The average molecular weight is 180 g/mol. The molecule has 1 nitrogen and oxygen atoms in total. The average Bonchev–Trinajstić information content (AvgIpc) is 1.75. The van der Waals surface area contributed by atoms with Crippen molar-refractivity contribution in [3.63, 3.8) is 0 Å². The van der Waals surface area contributed by atoms with Gasteiger partial charge in [0.05, 0.1) is 0 Å². The van der Waals surface area contributed by atoms with Gasteiger partial charge in [-0.2, -0.15) is 0 Å². The van der Waals surface area contributed by atoms with Crippen LogP contribution in [0.1, 0.15) is 25.7 Å². The van der Waals surface area contributed by atoms with Crippen molar-refractivity contribution in [2.75, 3.05) is 0 Å². The van der Waals surface area contributed by atoms with E-state index in [2.05, 4.69) is 0 Å². The Morgan fingerprint density at radius 2 is 2.09 bits per heavy atom. The molecule has 0 amide bonds. The zero-order chi connectivity index (χ0) is 8.54. The lowest BCUT2D eigenvalue weighted by molar-refractivity contribution is -0.125. The number of hydrogen-bond donors (Lipinski definition) is 0. The predicted octanol–water partition coefficient (Wildman–Crippen LogP) is 2.21. The van der Waals surface area contributed by atoms with E-state index in [0.717, 1.165) is 6.42 Å². The van der Waals surface area contributed by atoms with Gasteiger partial charge in [-0.3, -0.25) is 0 Å². The molecule has 1 unspecified atom stereocenters. The topological polar surface area (TPSA) is 17.1 Å². The van der Waals surface area contributed by atoms with Gasteiger partial charge in [0.25, 0.3) is 5.66 Å². The van der Waals surface area contributed by atoms with E-state index < -0.39 is 11.1 Å². The first-order valence-electron chi connectivity index (χ1n) is 3.62. The smallest absolute Gasteiger partial charge is 0.264 e. The molecule has 1 atom stereocenters. The third-order valence-electron chi connectivity index (χ3n) is 2.49. The van der Waals surface area contributed by atoms with E-state index >= 15 is 0 Å². The van der Waals surface area contributed by atoms with E-state index in [-0.39, 0.29) is 6.42 Å². The Balaban J connectivity index is 2.67. The maximum Gasteiger partial charge on any atom is 0.264 e. The highest BCUT2D eigenvalue weighted by Gasteiger charge is 2.53. The molecule has 1 aliphatic carbocycles. The van der Waals surface area contributed by atoms with Crippen molar-refractivity contribution in [3.8, 4) is 0 Å². The van der Waals surface area contributed by atoms with Crippen LogP contribution >= 0.6 is 9.24 Å². The van der Waals surface area contributed by atoms with Crippen LogP contribution in [-0.2, 0) is 4.79 Å². The molecule has 0 heterocycles. The molecular formula is C7H11F2OP. The van der Waals surface area contributed by atoms with Crippen LogP contribution in [0.15, 0.2) is 0 Å². The summed E-state index contributed by atoms with van der Waals surface area (Å²) >= 11 is 0. The normalized spacial score (nSPS) is 22.5. The molecule has 0 radical (unpaired) electrons. The molecule has 64 valence electrons. The summed E-state index contributed by atoms with van der Waals surface area (Å²) in [6, 6.07) is 0. The second kappa shape index (κ2) is 2.78. The Hall–Kier alpha value is -0.0400. The Morgan fingerprint density at radius 1 is 1.55 bits per heavy atom. The SMILES string of the molecule is O=CCC1(C(F)(F)P)CCC1. The summed E-state index contributed by atoms with van der Waals surface area (Å²) in [5.41, 5.74) is -3.80. The first-order valence-corrected chi connectivity index (χ1v) is 4.20.